The van der Waals surface area contributed by atoms with E-state index in [0.717, 1.165) is 47.8 Å². The quantitative estimate of drug-likeness (QED) is 0.598. The molecule has 3 heterocycles. The predicted molar refractivity (Wildman–Crippen MR) is 137 cm³/mol. The van der Waals surface area contributed by atoms with Gasteiger partial charge in [-0.3, -0.25) is 14.8 Å². The molecule has 2 amide bonds. The zero-order valence-electron chi connectivity index (χ0n) is 21.0. The maximum Gasteiger partial charge on any atom is 0.330 e. The highest BCUT2D eigenvalue weighted by Gasteiger charge is 2.40. The number of ether oxygens (including phenoxy) is 3. The SMILES string of the molecule is COc1cc(CN2C(=O)N3CC(CC(C)C)N=C3c3ccc(N4CCOCC4)cc32)cc(OC)c1. The molecule has 8 heteroatoms. The van der Waals surface area contributed by atoms with Crippen LogP contribution in [-0.4, -0.2) is 69.9 Å². The van der Waals surface area contributed by atoms with Crippen molar-refractivity contribution in [1.29, 1.82) is 0 Å². The lowest BCUT2D eigenvalue weighted by Gasteiger charge is -2.37. The van der Waals surface area contributed by atoms with Crippen LogP contribution in [0.4, 0.5) is 16.2 Å². The number of fused-ring (bicyclic) bond motifs is 3. The van der Waals surface area contributed by atoms with Gasteiger partial charge in [-0.25, -0.2) is 4.79 Å². The maximum absolute atomic E-state index is 13.9. The Hall–Kier alpha value is -3.26. The van der Waals surface area contributed by atoms with Crippen LogP contribution >= 0.6 is 0 Å². The Morgan fingerprint density at radius 2 is 1.77 bits per heavy atom. The second-order valence-electron chi connectivity index (χ2n) is 9.74. The first kappa shape index (κ1) is 23.5. The minimum atomic E-state index is -0.0385. The summed E-state index contributed by atoms with van der Waals surface area (Å²) >= 11 is 0. The number of amides is 2. The maximum atomic E-state index is 13.9. The summed E-state index contributed by atoms with van der Waals surface area (Å²) in [7, 11) is 3.27. The monoisotopic (exact) mass is 478 g/mol. The number of carbonyl (C=O) groups excluding carboxylic acids is 1. The summed E-state index contributed by atoms with van der Waals surface area (Å²) < 4.78 is 16.5. The van der Waals surface area contributed by atoms with Gasteiger partial charge in [-0.2, -0.15) is 0 Å². The molecule has 5 rings (SSSR count). The molecule has 35 heavy (non-hydrogen) atoms. The first-order chi connectivity index (χ1) is 17.0. The number of nitrogens with zero attached hydrogens (tertiary/aromatic N) is 4. The highest BCUT2D eigenvalue weighted by atomic mass is 16.5. The van der Waals surface area contributed by atoms with Crippen molar-refractivity contribution in [1.82, 2.24) is 4.90 Å². The molecular formula is C27H34N4O4. The summed E-state index contributed by atoms with van der Waals surface area (Å²) in [4.78, 5) is 24.9. The lowest BCUT2D eigenvalue weighted by molar-refractivity contribution is 0.122. The highest BCUT2D eigenvalue weighted by molar-refractivity contribution is 6.20. The van der Waals surface area contributed by atoms with Crippen LogP contribution in [0.5, 0.6) is 11.5 Å². The summed E-state index contributed by atoms with van der Waals surface area (Å²) in [5, 5.41) is 0. The number of hydrogen-bond acceptors (Lipinski definition) is 6. The van der Waals surface area contributed by atoms with Crippen LogP contribution in [0.2, 0.25) is 0 Å². The van der Waals surface area contributed by atoms with E-state index in [4.69, 9.17) is 19.2 Å². The van der Waals surface area contributed by atoms with Crippen LogP contribution in [0.25, 0.3) is 0 Å². The number of benzene rings is 2. The smallest absolute Gasteiger partial charge is 0.330 e. The van der Waals surface area contributed by atoms with E-state index in [0.29, 0.717) is 43.7 Å². The average molecular weight is 479 g/mol. The Bertz CT molecular complexity index is 1100. The Balaban J connectivity index is 1.55. The zero-order valence-corrected chi connectivity index (χ0v) is 21.0. The van der Waals surface area contributed by atoms with Gasteiger partial charge in [0.15, 0.2) is 0 Å². The molecule has 3 aliphatic heterocycles. The molecule has 186 valence electrons. The summed E-state index contributed by atoms with van der Waals surface area (Å²) in [6.07, 6.45) is 0.960. The molecule has 0 aliphatic carbocycles. The number of rotatable bonds is 7. The number of aliphatic imine (C=N–C) groups is 1. The number of hydrogen-bond donors (Lipinski definition) is 0. The van der Waals surface area contributed by atoms with Gasteiger partial charge in [0.1, 0.15) is 17.3 Å². The van der Waals surface area contributed by atoms with E-state index >= 15 is 0 Å². The molecule has 1 atom stereocenters. The average Bonchev–Trinajstić information content (AvgIpc) is 3.29. The molecule has 2 aromatic rings. The van der Waals surface area contributed by atoms with E-state index in [1.54, 1.807) is 14.2 Å². The molecule has 0 aromatic heterocycles. The fraction of sp³-hybridized carbons (Fsp3) is 0.481. The van der Waals surface area contributed by atoms with Crippen LogP contribution in [0.3, 0.4) is 0 Å². The van der Waals surface area contributed by atoms with Crippen molar-refractivity contribution in [3.05, 3.63) is 47.5 Å². The molecular weight excluding hydrogens is 444 g/mol. The van der Waals surface area contributed by atoms with E-state index in [-0.39, 0.29) is 12.1 Å². The van der Waals surface area contributed by atoms with Crippen molar-refractivity contribution < 1.29 is 19.0 Å². The molecule has 0 radical (unpaired) electrons. The van der Waals surface area contributed by atoms with E-state index in [2.05, 4.69) is 36.9 Å². The second kappa shape index (κ2) is 9.77. The summed E-state index contributed by atoms with van der Waals surface area (Å²) in [5.41, 5.74) is 3.93. The van der Waals surface area contributed by atoms with Crippen molar-refractivity contribution in [3.63, 3.8) is 0 Å². The minimum absolute atomic E-state index is 0.0385. The lowest BCUT2D eigenvalue weighted by Crippen LogP contribution is -2.50. The first-order valence-corrected chi connectivity index (χ1v) is 12.3. The second-order valence-corrected chi connectivity index (χ2v) is 9.74. The van der Waals surface area contributed by atoms with Gasteiger partial charge in [0, 0.05) is 30.4 Å². The Morgan fingerprint density at radius 3 is 2.43 bits per heavy atom. The summed E-state index contributed by atoms with van der Waals surface area (Å²) in [5.74, 6) is 2.71. The third kappa shape index (κ3) is 4.67. The number of amidine groups is 1. The number of carbonyl (C=O) groups is 1. The topological polar surface area (TPSA) is 66.8 Å². The van der Waals surface area contributed by atoms with E-state index in [1.807, 2.05) is 28.0 Å². The molecule has 8 nitrogen and oxygen atoms in total. The molecule has 1 saturated heterocycles. The standard InChI is InChI=1S/C27H34N4O4/c1-18(2)11-20-17-31-26(28-20)24-6-5-21(29-7-9-35-10-8-29)14-25(24)30(27(31)32)16-19-12-22(33-3)15-23(13-19)34-4/h5-6,12-15,18,20H,7-11,16-17H2,1-4H3. The van der Waals surface area contributed by atoms with Crippen molar-refractivity contribution in [2.75, 3.05) is 56.9 Å². The normalized spacial score (nSPS) is 19.6. The van der Waals surface area contributed by atoms with Crippen molar-refractivity contribution in [2.45, 2.75) is 32.9 Å². The lowest BCUT2D eigenvalue weighted by atomic mass is 10.0. The summed E-state index contributed by atoms with van der Waals surface area (Å²) in [6, 6.07) is 12.2. The number of morpholine rings is 1. The van der Waals surface area contributed by atoms with Crippen LogP contribution < -0.4 is 19.3 Å². The van der Waals surface area contributed by atoms with Gasteiger partial charge in [-0.15, -0.1) is 0 Å². The Labute approximate surface area is 207 Å². The van der Waals surface area contributed by atoms with Crippen molar-refractivity contribution >= 4 is 23.2 Å². The third-order valence-electron chi connectivity index (χ3n) is 6.80. The van der Waals surface area contributed by atoms with E-state index in [9.17, 15) is 4.79 Å². The van der Waals surface area contributed by atoms with Crippen molar-refractivity contribution in [3.8, 4) is 11.5 Å². The van der Waals surface area contributed by atoms with Gasteiger partial charge < -0.3 is 19.1 Å². The van der Waals surface area contributed by atoms with Crippen LogP contribution in [0.15, 0.2) is 41.4 Å². The van der Waals surface area contributed by atoms with Crippen LogP contribution in [0, 0.1) is 5.92 Å². The van der Waals surface area contributed by atoms with Crippen LogP contribution in [-0.2, 0) is 11.3 Å². The van der Waals surface area contributed by atoms with E-state index in [1.165, 1.54) is 0 Å². The number of anilines is 2. The minimum Gasteiger partial charge on any atom is -0.497 e. The number of methoxy groups -OCH3 is 2. The molecule has 1 fully saturated rings. The highest BCUT2D eigenvalue weighted by Crippen LogP contribution is 2.37. The predicted octanol–water partition coefficient (Wildman–Crippen LogP) is 4.16. The Kier molecular flexibility index (Phi) is 6.56. The summed E-state index contributed by atoms with van der Waals surface area (Å²) in [6.45, 7) is 8.52. The van der Waals surface area contributed by atoms with Gasteiger partial charge in [0.2, 0.25) is 0 Å². The molecule has 0 saturated carbocycles. The third-order valence-corrected chi connectivity index (χ3v) is 6.80. The van der Waals surface area contributed by atoms with Gasteiger partial charge in [-0.1, -0.05) is 13.8 Å². The van der Waals surface area contributed by atoms with Gasteiger partial charge in [0.05, 0.1) is 52.3 Å². The molecule has 3 aliphatic rings. The van der Waals surface area contributed by atoms with Gasteiger partial charge in [-0.05, 0) is 48.2 Å². The molecule has 0 N–H and O–H groups in total. The van der Waals surface area contributed by atoms with Gasteiger partial charge >= 0.3 is 6.03 Å². The van der Waals surface area contributed by atoms with Gasteiger partial charge in [0.25, 0.3) is 0 Å². The van der Waals surface area contributed by atoms with Crippen LogP contribution in [0.1, 0.15) is 31.4 Å². The van der Waals surface area contributed by atoms with Crippen molar-refractivity contribution in [2.24, 2.45) is 10.9 Å². The molecule has 2 aromatic carbocycles. The van der Waals surface area contributed by atoms with E-state index < -0.39 is 0 Å². The largest absolute Gasteiger partial charge is 0.497 e. The zero-order chi connectivity index (χ0) is 24.5. The fourth-order valence-electron chi connectivity index (χ4n) is 5.13. The molecule has 0 bridgehead atoms. The Morgan fingerprint density at radius 1 is 1.06 bits per heavy atom. The number of urea groups is 1. The fourth-order valence-corrected chi connectivity index (χ4v) is 5.13. The molecule has 1 unspecified atom stereocenters. The first-order valence-electron chi connectivity index (χ1n) is 12.3. The molecule has 0 spiro atoms.